The van der Waals surface area contributed by atoms with Crippen molar-refractivity contribution in [2.24, 2.45) is 10.4 Å². The third kappa shape index (κ3) is 5.82. The molecule has 210 valence electrons. The van der Waals surface area contributed by atoms with Crippen molar-refractivity contribution in [2.45, 2.75) is 51.6 Å². The van der Waals surface area contributed by atoms with Crippen molar-refractivity contribution >= 4 is 40.7 Å². The Kier molecular flexibility index (Phi) is 8.38. The van der Waals surface area contributed by atoms with Crippen LogP contribution in [0.5, 0.6) is 0 Å². The van der Waals surface area contributed by atoms with E-state index >= 15 is 8.78 Å². The zero-order valence-corrected chi connectivity index (χ0v) is 23.1. The zero-order valence-electron chi connectivity index (χ0n) is 21.5. The van der Waals surface area contributed by atoms with Gasteiger partial charge in [-0.05, 0) is 25.5 Å². The van der Waals surface area contributed by atoms with Crippen LogP contribution in [0.1, 0.15) is 50.2 Å². The van der Waals surface area contributed by atoms with Gasteiger partial charge in [0.15, 0.2) is 10.8 Å². The van der Waals surface area contributed by atoms with Gasteiger partial charge in [0.1, 0.15) is 11.9 Å². The lowest BCUT2D eigenvalue weighted by Gasteiger charge is -2.35. The van der Waals surface area contributed by atoms with Crippen molar-refractivity contribution in [2.75, 3.05) is 19.7 Å². The van der Waals surface area contributed by atoms with Crippen LogP contribution in [-0.2, 0) is 14.3 Å². The monoisotopic (exact) mass is 584 g/mol. The van der Waals surface area contributed by atoms with E-state index in [1.807, 2.05) is 0 Å². The Morgan fingerprint density at radius 3 is 2.69 bits per heavy atom. The van der Waals surface area contributed by atoms with Crippen LogP contribution in [0.15, 0.2) is 46.0 Å². The molecular weight excluding hydrogens is 557 g/mol. The Hall–Kier alpha value is -2.96. The number of carbonyl (C=O) groups excluding carboxylic acids is 1. The summed E-state index contributed by atoms with van der Waals surface area (Å²) in [4.78, 5) is 35.1. The number of benzene rings is 1. The predicted octanol–water partition coefficient (Wildman–Crippen LogP) is 5.05. The van der Waals surface area contributed by atoms with E-state index in [4.69, 9.17) is 16.3 Å². The average molecular weight is 585 g/mol. The number of thiazole rings is 1. The number of nitrogens with zero attached hydrogens (tertiary/aromatic N) is 3. The summed E-state index contributed by atoms with van der Waals surface area (Å²) in [5.41, 5.74) is -0.930. The summed E-state index contributed by atoms with van der Waals surface area (Å²) in [6.45, 7) is 3.70. The van der Waals surface area contributed by atoms with Crippen LogP contribution in [0.2, 0.25) is 5.02 Å². The first-order valence-corrected chi connectivity index (χ1v) is 13.5. The molecule has 0 aliphatic carbocycles. The third-order valence-corrected chi connectivity index (χ3v) is 8.23. The molecule has 2 atom stereocenters. The van der Waals surface area contributed by atoms with Crippen LogP contribution in [0.25, 0.3) is 0 Å². The molecule has 2 aromatic rings. The number of carboxylic acid groups (broad SMARTS) is 1. The van der Waals surface area contributed by atoms with Gasteiger partial charge in [0.2, 0.25) is 0 Å². The predicted molar refractivity (Wildman–Crippen MR) is 141 cm³/mol. The summed E-state index contributed by atoms with van der Waals surface area (Å²) in [6.07, 6.45) is 1.26. The van der Waals surface area contributed by atoms with E-state index in [0.717, 1.165) is 6.07 Å². The summed E-state index contributed by atoms with van der Waals surface area (Å²) in [5.74, 6) is -5.24. The smallest absolute Gasteiger partial charge is 0.338 e. The zero-order chi connectivity index (χ0) is 28.5. The maximum absolute atomic E-state index is 15.2. The summed E-state index contributed by atoms with van der Waals surface area (Å²) in [6, 6.07) is 1.86. The van der Waals surface area contributed by atoms with E-state index < -0.39 is 47.7 Å². The fourth-order valence-electron chi connectivity index (χ4n) is 5.01. The molecule has 8 nitrogen and oxygen atoms in total. The maximum Gasteiger partial charge on any atom is 0.338 e. The first-order valence-electron chi connectivity index (χ1n) is 12.3. The lowest BCUT2D eigenvalue weighted by atomic mass is 9.79. The molecule has 2 aliphatic heterocycles. The molecule has 2 aliphatic rings. The Morgan fingerprint density at radius 1 is 1.33 bits per heavy atom. The van der Waals surface area contributed by atoms with Gasteiger partial charge >= 0.3 is 11.9 Å². The summed E-state index contributed by atoms with van der Waals surface area (Å²) in [7, 11) is 0. The van der Waals surface area contributed by atoms with Crippen LogP contribution in [0.4, 0.5) is 13.2 Å². The van der Waals surface area contributed by atoms with Gasteiger partial charge in [-0.2, -0.15) is 0 Å². The Balaban J connectivity index is 1.84. The molecule has 3 heterocycles. The minimum absolute atomic E-state index is 0.0133. The highest BCUT2D eigenvalue weighted by Gasteiger charge is 2.60. The average Bonchev–Trinajstić information content (AvgIpc) is 3.43. The van der Waals surface area contributed by atoms with E-state index in [0.29, 0.717) is 10.6 Å². The van der Waals surface area contributed by atoms with Crippen molar-refractivity contribution in [3.63, 3.8) is 0 Å². The van der Waals surface area contributed by atoms with E-state index in [1.54, 1.807) is 18.5 Å². The molecular formula is C26H28ClF3N4O4S. The van der Waals surface area contributed by atoms with Crippen LogP contribution in [0.3, 0.4) is 0 Å². The fraction of sp³-hybridized carbons (Fsp3) is 0.462. The largest absolute Gasteiger partial charge is 0.481 e. The van der Waals surface area contributed by atoms with Crippen molar-refractivity contribution < 1.29 is 32.6 Å². The van der Waals surface area contributed by atoms with Gasteiger partial charge in [0.25, 0.3) is 5.92 Å². The summed E-state index contributed by atoms with van der Waals surface area (Å²) < 4.78 is 49.6. The molecule has 13 heteroatoms. The van der Waals surface area contributed by atoms with Crippen molar-refractivity contribution in [1.29, 1.82) is 0 Å². The number of nitrogens with one attached hydrogen (secondary N) is 1. The number of aliphatic imine (C=N–C) groups is 1. The quantitative estimate of drug-likeness (QED) is 0.397. The van der Waals surface area contributed by atoms with Gasteiger partial charge in [0, 0.05) is 52.3 Å². The first-order chi connectivity index (χ1) is 18.4. The van der Waals surface area contributed by atoms with Crippen LogP contribution in [-0.4, -0.2) is 64.4 Å². The number of hydrogen-bond acceptors (Lipinski definition) is 8. The van der Waals surface area contributed by atoms with Gasteiger partial charge in [-0.15, -0.1) is 11.3 Å². The molecule has 1 aromatic heterocycles. The highest BCUT2D eigenvalue weighted by Crippen LogP contribution is 2.49. The number of ether oxygens (including phenoxy) is 1. The van der Waals surface area contributed by atoms with E-state index in [1.165, 1.54) is 42.2 Å². The summed E-state index contributed by atoms with van der Waals surface area (Å²) in [5, 5.41) is 14.6. The van der Waals surface area contributed by atoms with Gasteiger partial charge in [0.05, 0.1) is 18.7 Å². The molecule has 0 bridgehead atoms. The van der Waals surface area contributed by atoms with Gasteiger partial charge in [-0.1, -0.05) is 31.5 Å². The molecule has 1 unspecified atom stereocenters. The number of hydrogen-bond donors (Lipinski definition) is 2. The minimum Gasteiger partial charge on any atom is -0.481 e. The number of likely N-dealkylation sites (tertiary alicyclic amines) is 1. The van der Waals surface area contributed by atoms with Crippen molar-refractivity contribution in [3.05, 3.63) is 62.5 Å². The number of carbonyl (C=O) groups is 2. The van der Waals surface area contributed by atoms with Gasteiger partial charge in [-0.25, -0.2) is 22.9 Å². The van der Waals surface area contributed by atoms with E-state index in [-0.39, 0.29) is 48.1 Å². The van der Waals surface area contributed by atoms with Gasteiger partial charge in [-0.3, -0.25) is 14.7 Å². The van der Waals surface area contributed by atoms with Crippen LogP contribution < -0.4 is 5.32 Å². The van der Waals surface area contributed by atoms with Crippen molar-refractivity contribution in [3.8, 4) is 0 Å². The van der Waals surface area contributed by atoms with Crippen LogP contribution >= 0.6 is 22.9 Å². The molecule has 0 amide bonds. The van der Waals surface area contributed by atoms with Crippen molar-refractivity contribution in [1.82, 2.24) is 15.2 Å². The topological polar surface area (TPSA) is 104 Å². The second-order valence-corrected chi connectivity index (χ2v) is 11.2. The molecule has 4 rings (SSSR count). The first kappa shape index (κ1) is 29.0. The number of rotatable bonds is 9. The second-order valence-electron chi connectivity index (χ2n) is 9.90. The molecule has 1 fully saturated rings. The molecule has 2 N–H and O–H groups in total. The highest BCUT2D eigenvalue weighted by molar-refractivity contribution is 7.11. The van der Waals surface area contributed by atoms with Crippen LogP contribution in [0, 0.1) is 11.2 Å². The third-order valence-electron chi connectivity index (χ3n) is 7.12. The number of carboxylic acids is 1. The Morgan fingerprint density at radius 2 is 2.08 bits per heavy atom. The second kappa shape index (κ2) is 11.3. The SMILES string of the molecule is CCOC(=O)C1=C(CN2CC(F)(F)C(C)(C)C2CCC(=O)O)NC(c2nccs2)=N[C@H]1c1ccc(F)cc1Cl. The lowest BCUT2D eigenvalue weighted by molar-refractivity contribution is -0.139. The molecule has 0 saturated carbocycles. The number of amidine groups is 1. The number of alkyl halides is 2. The van der Waals surface area contributed by atoms with E-state index in [9.17, 15) is 19.1 Å². The maximum atomic E-state index is 15.2. The fourth-order valence-corrected chi connectivity index (χ4v) is 5.87. The molecule has 1 saturated heterocycles. The molecule has 1 aromatic carbocycles. The molecule has 0 spiro atoms. The standard InChI is InChI=1S/C26H28ClF3N4O4S/c1-4-38-24(37)20-17(12-34-13-26(29,30)25(2,3)18(34)7-8-19(35)36)32-22(23-31-9-10-39-23)33-21(20)15-6-5-14(28)11-16(15)27/h5-6,9-11,18,21H,4,7-8,12-13H2,1-3H3,(H,32,33)(H,35,36)/t18?,21-/m0/s1. The van der Waals surface area contributed by atoms with Gasteiger partial charge < -0.3 is 15.2 Å². The summed E-state index contributed by atoms with van der Waals surface area (Å²) >= 11 is 7.66. The Labute approximate surface area is 232 Å². The number of aromatic nitrogens is 1. The van der Waals surface area contributed by atoms with E-state index in [2.05, 4.69) is 15.3 Å². The number of halogens is 4. The normalized spacial score (nSPS) is 22.4. The number of aliphatic carboxylic acids is 1. The lowest BCUT2D eigenvalue weighted by Crippen LogP contribution is -2.44. The highest BCUT2D eigenvalue weighted by atomic mass is 35.5. The minimum atomic E-state index is -3.12. The molecule has 0 radical (unpaired) electrons. The Bertz CT molecular complexity index is 1320. The molecule has 39 heavy (non-hydrogen) atoms. The number of esters is 1.